The number of aromatic nitrogens is 3. The zero-order valence-corrected chi connectivity index (χ0v) is 17.3. The van der Waals surface area contributed by atoms with Crippen LogP contribution < -0.4 is 10.1 Å². The van der Waals surface area contributed by atoms with Crippen LogP contribution in [0, 0.1) is 13.8 Å². The summed E-state index contributed by atoms with van der Waals surface area (Å²) < 4.78 is 6.93. The topological polar surface area (TPSA) is 89.3 Å². The van der Waals surface area contributed by atoms with Crippen LogP contribution in [-0.4, -0.2) is 51.7 Å². The summed E-state index contributed by atoms with van der Waals surface area (Å²) in [6.07, 6.45) is 0. The number of para-hydroxylation sites is 2. The molecule has 0 fully saturated rings. The zero-order chi connectivity index (χ0) is 21.1. The van der Waals surface area contributed by atoms with Crippen LogP contribution >= 0.6 is 0 Å². The first-order valence-electron chi connectivity index (χ1n) is 9.38. The van der Waals surface area contributed by atoms with Gasteiger partial charge in [-0.3, -0.25) is 14.3 Å². The minimum atomic E-state index is -0.297. The molecule has 8 nitrogen and oxygen atoms in total. The van der Waals surface area contributed by atoms with Gasteiger partial charge in [-0.1, -0.05) is 12.1 Å². The van der Waals surface area contributed by atoms with Crippen molar-refractivity contribution in [2.24, 2.45) is 7.05 Å². The number of pyridine rings is 1. The van der Waals surface area contributed by atoms with Crippen molar-refractivity contribution in [2.75, 3.05) is 25.5 Å². The third-order valence-corrected chi connectivity index (χ3v) is 4.71. The molecule has 0 saturated carbocycles. The van der Waals surface area contributed by atoms with Crippen molar-refractivity contribution in [3.8, 4) is 5.75 Å². The quantitative estimate of drug-likeness (QED) is 0.693. The third kappa shape index (κ3) is 4.06. The Morgan fingerprint density at radius 2 is 1.97 bits per heavy atom. The number of carbonyl (C=O) groups excluding carboxylic acids is 2. The highest BCUT2D eigenvalue weighted by Crippen LogP contribution is 2.24. The Labute approximate surface area is 169 Å². The molecule has 3 rings (SSSR count). The summed E-state index contributed by atoms with van der Waals surface area (Å²) in [5, 5.41) is 7.91. The molecule has 1 aromatic carbocycles. The number of nitrogens with zero attached hydrogens (tertiary/aromatic N) is 4. The second-order valence-electron chi connectivity index (χ2n) is 6.79. The van der Waals surface area contributed by atoms with Gasteiger partial charge in [0.1, 0.15) is 12.3 Å². The van der Waals surface area contributed by atoms with E-state index < -0.39 is 0 Å². The number of hydrogen-bond donors (Lipinski definition) is 1. The van der Waals surface area contributed by atoms with Gasteiger partial charge in [-0.05, 0) is 39.0 Å². The lowest BCUT2D eigenvalue weighted by Gasteiger charge is -2.21. The number of carbonyl (C=O) groups is 2. The summed E-state index contributed by atoms with van der Waals surface area (Å²) in [6.45, 7) is 5.84. The molecule has 0 aliphatic heterocycles. The second-order valence-corrected chi connectivity index (χ2v) is 6.79. The Morgan fingerprint density at radius 3 is 2.66 bits per heavy atom. The molecule has 0 atom stereocenters. The molecular weight excluding hydrogens is 370 g/mol. The van der Waals surface area contributed by atoms with Crippen molar-refractivity contribution in [1.82, 2.24) is 19.7 Å². The molecule has 2 heterocycles. The molecule has 1 N–H and O–H groups in total. The fraction of sp³-hybridized carbons (Fsp3) is 0.333. The van der Waals surface area contributed by atoms with Crippen LogP contribution in [0.5, 0.6) is 5.75 Å². The summed E-state index contributed by atoms with van der Waals surface area (Å²) in [5.41, 5.74) is 3.17. The Bertz CT molecular complexity index is 1070. The molecule has 0 aliphatic rings. The number of amides is 2. The molecule has 152 valence electrons. The normalized spacial score (nSPS) is 10.8. The first-order chi connectivity index (χ1) is 13.8. The maximum atomic E-state index is 13.3. The fourth-order valence-electron chi connectivity index (χ4n) is 3.35. The molecule has 3 aromatic rings. The van der Waals surface area contributed by atoms with Gasteiger partial charge in [0.05, 0.1) is 29.4 Å². The lowest BCUT2D eigenvalue weighted by Crippen LogP contribution is -2.38. The number of anilines is 1. The average Bonchev–Trinajstić information content (AvgIpc) is 2.98. The number of likely N-dealkylation sites (N-methyl/N-ethyl adjacent to an activating group) is 1. The lowest BCUT2D eigenvalue weighted by atomic mass is 10.1. The molecule has 0 radical (unpaired) electrons. The number of hydrogen-bond acceptors (Lipinski definition) is 5. The molecule has 29 heavy (non-hydrogen) atoms. The fourth-order valence-corrected chi connectivity index (χ4v) is 3.35. The van der Waals surface area contributed by atoms with E-state index in [2.05, 4.69) is 15.4 Å². The van der Waals surface area contributed by atoms with E-state index in [-0.39, 0.29) is 18.4 Å². The average molecular weight is 395 g/mol. The van der Waals surface area contributed by atoms with E-state index in [0.717, 1.165) is 11.4 Å². The number of benzene rings is 1. The third-order valence-electron chi connectivity index (χ3n) is 4.71. The number of rotatable bonds is 6. The van der Waals surface area contributed by atoms with Crippen LogP contribution in [0.2, 0.25) is 0 Å². The van der Waals surface area contributed by atoms with Crippen molar-refractivity contribution in [1.29, 1.82) is 0 Å². The number of nitrogens with one attached hydrogen (secondary N) is 1. The Kier molecular flexibility index (Phi) is 5.81. The smallest absolute Gasteiger partial charge is 0.255 e. The second kappa shape index (κ2) is 8.30. The monoisotopic (exact) mass is 395 g/mol. The van der Waals surface area contributed by atoms with Crippen LogP contribution in [0.15, 0.2) is 30.3 Å². The van der Waals surface area contributed by atoms with E-state index in [4.69, 9.17) is 4.74 Å². The van der Waals surface area contributed by atoms with E-state index in [9.17, 15) is 9.59 Å². The highest BCUT2D eigenvalue weighted by Gasteiger charge is 2.23. The molecule has 0 spiro atoms. The molecule has 2 aromatic heterocycles. The lowest BCUT2D eigenvalue weighted by molar-refractivity contribution is -0.116. The zero-order valence-electron chi connectivity index (χ0n) is 17.3. The summed E-state index contributed by atoms with van der Waals surface area (Å²) in [7, 11) is 3.34. The van der Waals surface area contributed by atoms with Gasteiger partial charge in [-0.15, -0.1) is 0 Å². The van der Waals surface area contributed by atoms with Gasteiger partial charge in [0, 0.05) is 19.3 Å². The van der Waals surface area contributed by atoms with E-state index in [1.807, 2.05) is 32.9 Å². The molecule has 2 amide bonds. The van der Waals surface area contributed by atoms with E-state index in [1.165, 1.54) is 4.90 Å². The summed E-state index contributed by atoms with van der Waals surface area (Å²) >= 11 is 0. The highest BCUT2D eigenvalue weighted by atomic mass is 16.5. The van der Waals surface area contributed by atoms with Crippen LogP contribution in [0.25, 0.3) is 11.0 Å². The highest BCUT2D eigenvalue weighted by molar-refractivity contribution is 6.08. The van der Waals surface area contributed by atoms with Crippen molar-refractivity contribution in [2.45, 2.75) is 20.8 Å². The Morgan fingerprint density at radius 1 is 1.24 bits per heavy atom. The molecule has 8 heteroatoms. The first-order valence-corrected chi connectivity index (χ1v) is 9.38. The largest absolute Gasteiger partial charge is 0.495 e. The standard InChI is InChI=1S/C21H25N5O3/c1-6-26(12-18(27)23-16-9-7-8-10-17(16)29-5)21(28)15-11-13(2)22-20-19(15)14(3)24-25(20)4/h7-11H,6,12H2,1-5H3,(H,23,27). The van der Waals surface area contributed by atoms with Gasteiger partial charge >= 0.3 is 0 Å². The Balaban J connectivity index is 1.86. The summed E-state index contributed by atoms with van der Waals surface area (Å²) in [6, 6.07) is 8.90. The molecule has 0 bridgehead atoms. The maximum absolute atomic E-state index is 13.3. The van der Waals surface area contributed by atoms with Gasteiger partial charge in [0.25, 0.3) is 5.91 Å². The van der Waals surface area contributed by atoms with Crippen LogP contribution in [0.1, 0.15) is 28.7 Å². The summed E-state index contributed by atoms with van der Waals surface area (Å²) in [5.74, 6) is 0.0385. The minimum absolute atomic E-state index is 0.0739. The predicted octanol–water partition coefficient (Wildman–Crippen LogP) is 2.69. The molecule has 0 unspecified atom stereocenters. The predicted molar refractivity (Wildman–Crippen MR) is 111 cm³/mol. The molecular formula is C21H25N5O3. The van der Waals surface area contributed by atoms with Crippen molar-refractivity contribution in [3.63, 3.8) is 0 Å². The Hall–Kier alpha value is -3.42. The van der Waals surface area contributed by atoms with E-state index >= 15 is 0 Å². The van der Waals surface area contributed by atoms with Gasteiger partial charge < -0.3 is 15.0 Å². The number of ether oxygens (including phenoxy) is 1. The van der Waals surface area contributed by atoms with E-state index in [1.54, 1.807) is 37.0 Å². The number of methoxy groups -OCH3 is 1. The summed E-state index contributed by atoms with van der Waals surface area (Å²) in [4.78, 5) is 31.9. The van der Waals surface area contributed by atoms with Crippen LogP contribution in [0.3, 0.4) is 0 Å². The van der Waals surface area contributed by atoms with Crippen LogP contribution in [0.4, 0.5) is 5.69 Å². The van der Waals surface area contributed by atoms with Gasteiger partial charge in [0.15, 0.2) is 5.65 Å². The molecule has 0 aliphatic carbocycles. The van der Waals surface area contributed by atoms with Crippen molar-refractivity contribution < 1.29 is 14.3 Å². The SMILES string of the molecule is CCN(CC(=O)Nc1ccccc1OC)C(=O)c1cc(C)nc2c1c(C)nn2C. The minimum Gasteiger partial charge on any atom is -0.495 e. The number of aryl methyl sites for hydroxylation is 3. The molecule has 0 saturated heterocycles. The number of fused-ring (bicyclic) bond motifs is 1. The van der Waals surface area contributed by atoms with Crippen molar-refractivity contribution in [3.05, 3.63) is 47.3 Å². The maximum Gasteiger partial charge on any atom is 0.255 e. The van der Waals surface area contributed by atoms with Gasteiger partial charge in [-0.25, -0.2) is 4.98 Å². The van der Waals surface area contributed by atoms with Crippen molar-refractivity contribution >= 4 is 28.5 Å². The first kappa shape index (κ1) is 20.3. The van der Waals surface area contributed by atoms with Crippen LogP contribution in [-0.2, 0) is 11.8 Å². The van der Waals surface area contributed by atoms with E-state index in [0.29, 0.717) is 34.6 Å². The van der Waals surface area contributed by atoms with Gasteiger partial charge in [-0.2, -0.15) is 5.10 Å². The van der Waals surface area contributed by atoms with Gasteiger partial charge in [0.2, 0.25) is 5.91 Å².